The van der Waals surface area contributed by atoms with Gasteiger partial charge in [-0.1, -0.05) is 0 Å². The second-order valence-electron chi connectivity index (χ2n) is 4.30. The van der Waals surface area contributed by atoms with Crippen molar-refractivity contribution in [2.24, 2.45) is 18.7 Å². The van der Waals surface area contributed by atoms with Gasteiger partial charge in [-0.2, -0.15) is 5.10 Å². The lowest BCUT2D eigenvalue weighted by Gasteiger charge is -2.26. The average molecular weight is 227 g/mol. The highest BCUT2D eigenvalue weighted by Gasteiger charge is 2.41. The highest BCUT2D eigenvalue weighted by molar-refractivity contribution is 7.99. The molecule has 1 fully saturated rings. The van der Waals surface area contributed by atoms with Crippen molar-refractivity contribution in [2.45, 2.75) is 23.3 Å². The predicted octanol–water partition coefficient (Wildman–Crippen LogP) is 0.612. The van der Waals surface area contributed by atoms with Gasteiger partial charge in [0.05, 0.1) is 18.3 Å². The molecule has 1 aromatic rings. The molecule has 2 rings (SSSR count). The van der Waals surface area contributed by atoms with E-state index in [-0.39, 0.29) is 6.61 Å². The number of nitrogens with zero attached hydrogens (tertiary/aromatic N) is 2. The van der Waals surface area contributed by atoms with Gasteiger partial charge in [0.1, 0.15) is 0 Å². The van der Waals surface area contributed by atoms with E-state index in [9.17, 15) is 5.11 Å². The molecule has 3 N–H and O–H groups in total. The van der Waals surface area contributed by atoms with E-state index in [4.69, 9.17) is 5.73 Å². The molecule has 1 heterocycles. The van der Waals surface area contributed by atoms with Crippen LogP contribution in [0.15, 0.2) is 17.3 Å². The molecule has 1 atom stereocenters. The Labute approximate surface area is 93.8 Å². The van der Waals surface area contributed by atoms with Crippen LogP contribution >= 0.6 is 11.8 Å². The van der Waals surface area contributed by atoms with E-state index in [1.807, 2.05) is 19.4 Å². The van der Waals surface area contributed by atoms with Crippen molar-refractivity contribution in [3.63, 3.8) is 0 Å². The third-order valence-corrected chi connectivity index (χ3v) is 4.10. The Morgan fingerprint density at radius 1 is 1.73 bits per heavy atom. The molecular formula is C10H17N3OS. The van der Waals surface area contributed by atoms with Gasteiger partial charge in [0, 0.05) is 23.9 Å². The van der Waals surface area contributed by atoms with Crippen molar-refractivity contribution >= 4 is 11.8 Å². The minimum Gasteiger partial charge on any atom is -0.394 e. The maximum Gasteiger partial charge on any atom is 0.0625 e. The number of aromatic nitrogens is 2. The van der Waals surface area contributed by atoms with Gasteiger partial charge >= 0.3 is 0 Å². The molecule has 84 valence electrons. The van der Waals surface area contributed by atoms with Crippen LogP contribution in [0.5, 0.6) is 0 Å². The van der Waals surface area contributed by atoms with Gasteiger partial charge in [-0.05, 0) is 18.8 Å². The first kappa shape index (κ1) is 11.0. The van der Waals surface area contributed by atoms with Crippen LogP contribution in [-0.4, -0.2) is 32.8 Å². The molecule has 0 aliphatic heterocycles. The molecule has 0 saturated heterocycles. The lowest BCUT2D eigenvalue weighted by molar-refractivity contribution is 0.194. The van der Waals surface area contributed by atoms with Gasteiger partial charge in [0.2, 0.25) is 0 Å². The van der Waals surface area contributed by atoms with Gasteiger partial charge in [-0.3, -0.25) is 4.68 Å². The summed E-state index contributed by atoms with van der Waals surface area (Å²) in [6.45, 7) is 0.0743. The van der Waals surface area contributed by atoms with Crippen LogP contribution in [0.4, 0.5) is 0 Å². The molecule has 1 aliphatic carbocycles. The van der Waals surface area contributed by atoms with Gasteiger partial charge in [0.25, 0.3) is 0 Å². The van der Waals surface area contributed by atoms with Crippen LogP contribution in [0.3, 0.4) is 0 Å². The number of nitrogens with two attached hydrogens (primary N) is 1. The van der Waals surface area contributed by atoms with E-state index < -0.39 is 5.54 Å². The van der Waals surface area contributed by atoms with E-state index in [0.29, 0.717) is 5.92 Å². The maximum absolute atomic E-state index is 9.32. The largest absolute Gasteiger partial charge is 0.394 e. The summed E-state index contributed by atoms with van der Waals surface area (Å²) in [6.07, 6.45) is 6.11. The Hall–Kier alpha value is -0.520. The van der Waals surface area contributed by atoms with Crippen molar-refractivity contribution < 1.29 is 5.11 Å². The standard InChI is InChI=1S/C10H17N3OS/c1-13-5-9(4-12-13)15-7-10(11,6-14)8-2-3-8/h4-5,8,14H,2-3,6-7,11H2,1H3. The smallest absolute Gasteiger partial charge is 0.0625 e. The zero-order valence-corrected chi connectivity index (χ0v) is 9.70. The van der Waals surface area contributed by atoms with Crippen LogP contribution in [0.2, 0.25) is 0 Å². The molecule has 5 heteroatoms. The monoisotopic (exact) mass is 227 g/mol. The van der Waals surface area contributed by atoms with Crippen molar-refractivity contribution in [3.8, 4) is 0 Å². The Balaban J connectivity index is 1.91. The first-order valence-corrected chi connectivity index (χ1v) is 6.14. The van der Waals surface area contributed by atoms with Gasteiger partial charge in [-0.15, -0.1) is 11.8 Å². The van der Waals surface area contributed by atoms with Crippen LogP contribution in [-0.2, 0) is 7.05 Å². The predicted molar refractivity (Wildman–Crippen MR) is 60.7 cm³/mol. The number of hydrogen-bond donors (Lipinski definition) is 2. The third-order valence-electron chi connectivity index (χ3n) is 2.87. The molecule has 0 radical (unpaired) electrons. The fourth-order valence-electron chi connectivity index (χ4n) is 1.64. The van der Waals surface area contributed by atoms with Crippen molar-refractivity contribution in [1.82, 2.24) is 9.78 Å². The summed E-state index contributed by atoms with van der Waals surface area (Å²) in [6, 6.07) is 0. The van der Waals surface area contributed by atoms with E-state index >= 15 is 0 Å². The Morgan fingerprint density at radius 3 is 2.93 bits per heavy atom. The fraction of sp³-hybridized carbons (Fsp3) is 0.700. The first-order valence-electron chi connectivity index (χ1n) is 5.15. The summed E-state index contributed by atoms with van der Waals surface area (Å²) in [5.41, 5.74) is 5.76. The number of aryl methyl sites for hydroxylation is 1. The van der Waals surface area contributed by atoms with E-state index in [0.717, 1.165) is 23.5 Å². The van der Waals surface area contributed by atoms with E-state index in [1.54, 1.807) is 16.4 Å². The van der Waals surface area contributed by atoms with Gasteiger partial charge in [0.15, 0.2) is 0 Å². The molecule has 0 aromatic carbocycles. The van der Waals surface area contributed by atoms with Crippen molar-refractivity contribution in [1.29, 1.82) is 0 Å². The number of hydrogen-bond acceptors (Lipinski definition) is 4. The molecule has 1 saturated carbocycles. The molecular weight excluding hydrogens is 210 g/mol. The van der Waals surface area contributed by atoms with Crippen molar-refractivity contribution in [3.05, 3.63) is 12.4 Å². The van der Waals surface area contributed by atoms with Crippen molar-refractivity contribution in [2.75, 3.05) is 12.4 Å². The number of aliphatic hydroxyl groups is 1. The highest BCUT2D eigenvalue weighted by atomic mass is 32.2. The molecule has 4 nitrogen and oxygen atoms in total. The molecule has 0 amide bonds. The summed E-state index contributed by atoms with van der Waals surface area (Å²) in [7, 11) is 1.90. The van der Waals surface area contributed by atoms with Crippen LogP contribution in [0.1, 0.15) is 12.8 Å². The van der Waals surface area contributed by atoms with Gasteiger partial charge in [-0.25, -0.2) is 0 Å². The summed E-state index contributed by atoms with van der Waals surface area (Å²) >= 11 is 1.67. The molecule has 1 unspecified atom stereocenters. The second-order valence-corrected chi connectivity index (χ2v) is 5.35. The lowest BCUT2D eigenvalue weighted by Crippen LogP contribution is -2.48. The van der Waals surface area contributed by atoms with Gasteiger partial charge < -0.3 is 10.8 Å². The highest BCUT2D eigenvalue weighted by Crippen LogP contribution is 2.40. The zero-order chi connectivity index (χ0) is 10.9. The summed E-state index contributed by atoms with van der Waals surface area (Å²) in [4.78, 5) is 1.11. The molecule has 15 heavy (non-hydrogen) atoms. The molecule has 0 spiro atoms. The zero-order valence-electron chi connectivity index (χ0n) is 8.89. The third kappa shape index (κ3) is 2.53. The topological polar surface area (TPSA) is 64.1 Å². The summed E-state index contributed by atoms with van der Waals surface area (Å²) in [5.74, 6) is 1.27. The molecule has 1 aromatic heterocycles. The minimum absolute atomic E-state index is 0.0743. The average Bonchev–Trinajstić information content (AvgIpc) is 3.00. The Morgan fingerprint density at radius 2 is 2.47 bits per heavy atom. The quantitative estimate of drug-likeness (QED) is 0.724. The summed E-state index contributed by atoms with van der Waals surface area (Å²) in [5, 5.41) is 13.4. The normalized spacial score (nSPS) is 20.2. The van der Waals surface area contributed by atoms with E-state index in [2.05, 4.69) is 5.10 Å². The maximum atomic E-state index is 9.32. The Bertz CT molecular complexity index is 337. The van der Waals surface area contributed by atoms with Crippen LogP contribution in [0, 0.1) is 5.92 Å². The first-order chi connectivity index (χ1) is 7.14. The summed E-state index contributed by atoms with van der Waals surface area (Å²) < 4.78 is 1.77. The fourth-order valence-corrected chi connectivity index (χ4v) is 2.75. The lowest BCUT2D eigenvalue weighted by atomic mass is 9.99. The number of aliphatic hydroxyl groups excluding tert-OH is 1. The number of rotatable bonds is 5. The number of thioether (sulfide) groups is 1. The second kappa shape index (κ2) is 4.15. The van der Waals surface area contributed by atoms with E-state index in [1.165, 1.54) is 0 Å². The minimum atomic E-state index is -0.402. The van der Waals surface area contributed by atoms with Crippen LogP contribution in [0.25, 0.3) is 0 Å². The SMILES string of the molecule is Cn1cc(SCC(N)(CO)C2CC2)cn1. The molecule has 0 bridgehead atoms. The Kier molecular flexibility index (Phi) is 3.04. The van der Waals surface area contributed by atoms with Crippen LogP contribution < -0.4 is 5.73 Å². The molecule has 1 aliphatic rings.